The molecule has 0 fully saturated rings. The number of ether oxygens (including phenoxy) is 2. The van der Waals surface area contributed by atoms with Gasteiger partial charge in [0, 0.05) is 18.8 Å². The summed E-state index contributed by atoms with van der Waals surface area (Å²) in [6.45, 7) is 1.57. The van der Waals surface area contributed by atoms with E-state index < -0.39 is 35.3 Å². The van der Waals surface area contributed by atoms with Crippen LogP contribution in [0.15, 0.2) is 48.8 Å². The predicted molar refractivity (Wildman–Crippen MR) is 112 cm³/mol. The van der Waals surface area contributed by atoms with Gasteiger partial charge in [-0.2, -0.15) is 0 Å². The summed E-state index contributed by atoms with van der Waals surface area (Å²) in [7, 11) is 0. The third-order valence-electron chi connectivity index (χ3n) is 5.46. The van der Waals surface area contributed by atoms with E-state index in [2.05, 4.69) is 20.0 Å². The van der Waals surface area contributed by atoms with Crippen molar-refractivity contribution < 1.29 is 41.7 Å². The van der Waals surface area contributed by atoms with E-state index in [0.29, 0.717) is 5.75 Å². The molecule has 3 aromatic rings. The quantitative estimate of drug-likeness (QED) is 0.520. The van der Waals surface area contributed by atoms with Crippen LogP contribution in [-0.2, 0) is 5.54 Å². The van der Waals surface area contributed by atoms with Gasteiger partial charge in [0.1, 0.15) is 22.7 Å². The molecule has 0 saturated carbocycles. The van der Waals surface area contributed by atoms with Crippen molar-refractivity contribution in [2.24, 2.45) is 0 Å². The molecular formula is C23H17F4N3O5. The Morgan fingerprint density at radius 3 is 2.63 bits per heavy atom. The van der Waals surface area contributed by atoms with Crippen LogP contribution in [0.4, 0.5) is 17.6 Å². The van der Waals surface area contributed by atoms with Crippen molar-refractivity contribution in [3.63, 3.8) is 0 Å². The maximum atomic E-state index is 14.7. The van der Waals surface area contributed by atoms with E-state index in [-0.39, 0.29) is 41.1 Å². The number of aromatic carboxylic acids is 1. The van der Waals surface area contributed by atoms with Crippen LogP contribution in [0.25, 0.3) is 0 Å². The molecule has 0 aliphatic carbocycles. The van der Waals surface area contributed by atoms with Gasteiger partial charge in [0.05, 0.1) is 12.2 Å². The predicted octanol–water partition coefficient (Wildman–Crippen LogP) is 3.98. The molecular weight excluding hydrogens is 474 g/mol. The molecule has 35 heavy (non-hydrogen) atoms. The van der Waals surface area contributed by atoms with Crippen LogP contribution in [0, 0.1) is 12.7 Å². The molecule has 2 N–H and O–H groups in total. The number of carboxylic acid groups (broad SMARTS) is 1. The summed E-state index contributed by atoms with van der Waals surface area (Å²) in [5.74, 6) is -3.98. The highest BCUT2D eigenvalue weighted by Gasteiger charge is 2.43. The Kier molecular flexibility index (Phi) is 6.05. The number of hydrogen-bond acceptors (Lipinski definition) is 6. The van der Waals surface area contributed by atoms with Crippen molar-refractivity contribution in [2.75, 3.05) is 6.61 Å². The lowest BCUT2D eigenvalue weighted by Gasteiger charge is -2.39. The monoisotopic (exact) mass is 491 g/mol. The number of fused-ring (bicyclic) bond motifs is 1. The second kappa shape index (κ2) is 8.85. The number of carbonyl (C=O) groups excluding carboxylic acids is 1. The Morgan fingerprint density at radius 1 is 1.20 bits per heavy atom. The van der Waals surface area contributed by atoms with Crippen molar-refractivity contribution in [3.8, 4) is 11.5 Å². The summed E-state index contributed by atoms with van der Waals surface area (Å²) < 4.78 is 61.8. The van der Waals surface area contributed by atoms with Gasteiger partial charge < -0.3 is 19.9 Å². The summed E-state index contributed by atoms with van der Waals surface area (Å²) in [6.07, 6.45) is -2.56. The van der Waals surface area contributed by atoms with Crippen LogP contribution in [0.3, 0.4) is 0 Å². The van der Waals surface area contributed by atoms with Gasteiger partial charge in [0.2, 0.25) is 0 Å². The van der Waals surface area contributed by atoms with E-state index in [0.717, 1.165) is 18.3 Å². The smallest absolute Gasteiger partial charge is 0.491 e. The highest BCUT2D eigenvalue weighted by molar-refractivity contribution is 5.95. The highest BCUT2D eigenvalue weighted by atomic mass is 19.4. The first-order chi connectivity index (χ1) is 16.5. The molecule has 3 heterocycles. The topological polar surface area (TPSA) is 111 Å². The van der Waals surface area contributed by atoms with Crippen molar-refractivity contribution in [1.82, 2.24) is 15.3 Å². The van der Waals surface area contributed by atoms with Crippen LogP contribution < -0.4 is 14.8 Å². The number of pyridine rings is 2. The molecule has 2 aromatic heterocycles. The Labute approximate surface area is 195 Å². The maximum Gasteiger partial charge on any atom is 0.573 e. The number of carboxylic acids is 1. The summed E-state index contributed by atoms with van der Waals surface area (Å²) in [6, 6.07) is 7.30. The molecule has 1 aromatic carbocycles. The van der Waals surface area contributed by atoms with E-state index in [1.807, 2.05) is 0 Å². The fourth-order valence-electron chi connectivity index (χ4n) is 3.87. The first kappa shape index (κ1) is 23.9. The summed E-state index contributed by atoms with van der Waals surface area (Å²) in [4.78, 5) is 32.7. The molecule has 1 aliphatic heterocycles. The number of nitrogens with zero attached hydrogens (tertiary/aromatic N) is 2. The number of alkyl halides is 3. The SMILES string of the molecule is Cc1cc(C(=O)NC2(c3ccc(OC(F)(F)F)c(F)c3)CCOc3cccnc32)ncc1C(=O)O. The number of amides is 1. The third-order valence-corrected chi connectivity index (χ3v) is 5.46. The Bertz CT molecular complexity index is 1310. The standard InChI is InChI=1S/C23H17F4N3O5/c1-12-9-16(29-11-14(12)21(32)33)20(31)30-22(6-8-34-18-3-2-7-28-19(18)22)13-4-5-17(15(24)10-13)35-23(25,26)27/h2-5,7,9-11H,6,8H2,1H3,(H,30,31)(H,32,33). The molecule has 1 atom stereocenters. The lowest BCUT2D eigenvalue weighted by molar-refractivity contribution is -0.275. The molecule has 1 amide bonds. The molecule has 0 radical (unpaired) electrons. The summed E-state index contributed by atoms with van der Waals surface area (Å²) in [5.41, 5.74) is -1.10. The van der Waals surface area contributed by atoms with E-state index in [1.54, 1.807) is 12.1 Å². The van der Waals surface area contributed by atoms with Crippen molar-refractivity contribution in [1.29, 1.82) is 0 Å². The van der Waals surface area contributed by atoms with E-state index in [1.165, 1.54) is 25.3 Å². The number of aryl methyl sites for hydroxylation is 1. The van der Waals surface area contributed by atoms with Crippen LogP contribution >= 0.6 is 0 Å². The number of nitrogens with one attached hydrogen (secondary N) is 1. The normalized spacial score (nSPS) is 17.2. The van der Waals surface area contributed by atoms with Gasteiger partial charge in [-0.25, -0.2) is 9.18 Å². The largest absolute Gasteiger partial charge is 0.573 e. The Morgan fingerprint density at radius 2 is 1.97 bits per heavy atom. The number of rotatable bonds is 5. The van der Waals surface area contributed by atoms with Crippen LogP contribution in [-0.4, -0.2) is 39.9 Å². The molecule has 0 spiro atoms. The number of hydrogen-bond donors (Lipinski definition) is 2. The maximum absolute atomic E-state index is 14.7. The van der Waals surface area contributed by atoms with Crippen molar-refractivity contribution >= 4 is 11.9 Å². The van der Waals surface area contributed by atoms with Gasteiger partial charge in [0.15, 0.2) is 11.6 Å². The van der Waals surface area contributed by atoms with Crippen molar-refractivity contribution in [3.05, 3.63) is 82.7 Å². The molecule has 12 heteroatoms. The molecule has 4 rings (SSSR count). The van der Waals surface area contributed by atoms with Gasteiger partial charge in [-0.05, 0) is 48.4 Å². The lowest BCUT2D eigenvalue weighted by Crippen LogP contribution is -2.50. The molecule has 0 bridgehead atoms. The third kappa shape index (κ3) is 4.72. The lowest BCUT2D eigenvalue weighted by atomic mass is 9.81. The Balaban J connectivity index is 1.79. The van der Waals surface area contributed by atoms with Gasteiger partial charge in [-0.15, -0.1) is 13.2 Å². The first-order valence-corrected chi connectivity index (χ1v) is 10.2. The number of benzene rings is 1. The fraction of sp³-hybridized carbons (Fsp3) is 0.217. The molecule has 1 aliphatic rings. The zero-order chi connectivity index (χ0) is 25.4. The average molecular weight is 491 g/mol. The minimum Gasteiger partial charge on any atom is -0.491 e. The zero-order valence-corrected chi connectivity index (χ0v) is 18.0. The molecule has 0 saturated heterocycles. The Hall–Kier alpha value is -4.22. The number of halogens is 4. The summed E-state index contributed by atoms with van der Waals surface area (Å²) >= 11 is 0. The van der Waals surface area contributed by atoms with Gasteiger partial charge in [-0.1, -0.05) is 6.07 Å². The van der Waals surface area contributed by atoms with Gasteiger partial charge in [0.25, 0.3) is 5.91 Å². The molecule has 1 unspecified atom stereocenters. The van der Waals surface area contributed by atoms with Gasteiger partial charge >= 0.3 is 12.3 Å². The second-order valence-corrected chi connectivity index (χ2v) is 7.69. The van der Waals surface area contributed by atoms with Crippen LogP contribution in [0.5, 0.6) is 11.5 Å². The van der Waals surface area contributed by atoms with E-state index >= 15 is 0 Å². The van der Waals surface area contributed by atoms with Crippen LogP contribution in [0.1, 0.15) is 44.1 Å². The number of carbonyl (C=O) groups is 2. The molecule has 182 valence electrons. The second-order valence-electron chi connectivity index (χ2n) is 7.69. The minimum atomic E-state index is -5.09. The van der Waals surface area contributed by atoms with E-state index in [4.69, 9.17) is 4.74 Å². The fourth-order valence-corrected chi connectivity index (χ4v) is 3.87. The minimum absolute atomic E-state index is 0.0634. The zero-order valence-electron chi connectivity index (χ0n) is 18.0. The molecule has 8 nitrogen and oxygen atoms in total. The number of aromatic nitrogens is 2. The first-order valence-electron chi connectivity index (χ1n) is 10.2. The average Bonchev–Trinajstić information content (AvgIpc) is 2.79. The highest BCUT2D eigenvalue weighted by Crippen LogP contribution is 2.42. The van der Waals surface area contributed by atoms with Gasteiger partial charge in [-0.3, -0.25) is 14.8 Å². The van der Waals surface area contributed by atoms with Crippen molar-refractivity contribution in [2.45, 2.75) is 25.2 Å². The summed E-state index contributed by atoms with van der Waals surface area (Å²) in [5, 5.41) is 12.0. The van der Waals surface area contributed by atoms with E-state index in [9.17, 15) is 32.3 Å². The van der Waals surface area contributed by atoms with Crippen LogP contribution in [0.2, 0.25) is 0 Å².